The largest absolute Gasteiger partial charge is 0.355 e. The molecule has 2 aromatic heterocycles. The smallest absolute Gasteiger partial charge is 0.223 e. The molecule has 1 saturated heterocycles. The second-order valence-corrected chi connectivity index (χ2v) is 7.35. The lowest BCUT2D eigenvalue weighted by atomic mass is 9.96. The predicted octanol–water partition coefficient (Wildman–Crippen LogP) is 2.42. The Labute approximate surface area is 159 Å². The molecular weight excluding hydrogens is 396 g/mol. The first-order chi connectivity index (χ1) is 12.7. The first kappa shape index (κ1) is 17.0. The van der Waals surface area contributed by atoms with E-state index < -0.39 is 0 Å². The summed E-state index contributed by atoms with van der Waals surface area (Å²) in [5.41, 5.74) is 1.83. The van der Waals surface area contributed by atoms with Crippen molar-refractivity contribution in [1.82, 2.24) is 25.1 Å². The van der Waals surface area contributed by atoms with E-state index in [0.29, 0.717) is 6.54 Å². The molecule has 0 bridgehead atoms. The molecule has 0 unspecified atom stereocenters. The van der Waals surface area contributed by atoms with Gasteiger partial charge in [0.15, 0.2) is 5.65 Å². The van der Waals surface area contributed by atoms with Crippen molar-refractivity contribution < 1.29 is 4.79 Å². The number of amides is 1. The number of rotatable bonds is 4. The zero-order chi connectivity index (χ0) is 17.9. The Hall–Kier alpha value is -2.48. The number of anilines is 1. The number of carbonyl (C=O) groups excluding carboxylic acids is 1. The van der Waals surface area contributed by atoms with Gasteiger partial charge in [0.05, 0.1) is 0 Å². The first-order valence-corrected chi connectivity index (χ1v) is 9.42. The monoisotopic (exact) mass is 414 g/mol. The van der Waals surface area contributed by atoms with Crippen LogP contribution in [0.4, 0.5) is 5.82 Å². The van der Waals surface area contributed by atoms with Crippen molar-refractivity contribution in [3.63, 3.8) is 0 Å². The highest BCUT2D eigenvalue weighted by Crippen LogP contribution is 2.22. The van der Waals surface area contributed by atoms with E-state index in [4.69, 9.17) is 0 Å². The molecule has 0 atom stereocenters. The molecule has 1 aliphatic rings. The van der Waals surface area contributed by atoms with Gasteiger partial charge >= 0.3 is 0 Å². The van der Waals surface area contributed by atoms with E-state index in [2.05, 4.69) is 41.4 Å². The number of nitrogens with one attached hydrogen (secondary N) is 1. The fourth-order valence-electron chi connectivity index (χ4n) is 3.24. The van der Waals surface area contributed by atoms with Gasteiger partial charge in [0, 0.05) is 30.0 Å². The number of aromatic nitrogens is 4. The van der Waals surface area contributed by atoms with Gasteiger partial charge in [-0.1, -0.05) is 28.1 Å². The Bertz CT molecular complexity index is 919. The molecule has 3 heterocycles. The maximum Gasteiger partial charge on any atom is 0.223 e. The van der Waals surface area contributed by atoms with Gasteiger partial charge in [-0.2, -0.15) is 4.52 Å². The second-order valence-electron chi connectivity index (χ2n) is 6.43. The Balaban J connectivity index is 1.31. The molecule has 26 heavy (non-hydrogen) atoms. The summed E-state index contributed by atoms with van der Waals surface area (Å²) in [6, 6.07) is 11.9. The molecule has 7 nitrogen and oxygen atoms in total. The number of piperidine rings is 1. The second kappa shape index (κ2) is 7.41. The lowest BCUT2D eigenvalue weighted by Gasteiger charge is -2.32. The van der Waals surface area contributed by atoms with Crippen molar-refractivity contribution >= 4 is 33.3 Å². The van der Waals surface area contributed by atoms with Crippen molar-refractivity contribution in [1.29, 1.82) is 0 Å². The number of hydrogen-bond acceptors (Lipinski definition) is 5. The zero-order valence-electron chi connectivity index (χ0n) is 14.2. The number of carbonyl (C=O) groups is 1. The molecule has 1 aromatic carbocycles. The third-order valence-electron chi connectivity index (χ3n) is 4.69. The van der Waals surface area contributed by atoms with Crippen LogP contribution in [0.5, 0.6) is 0 Å². The van der Waals surface area contributed by atoms with Crippen molar-refractivity contribution in [3.05, 3.63) is 52.8 Å². The summed E-state index contributed by atoms with van der Waals surface area (Å²) >= 11 is 3.45. The quantitative estimate of drug-likeness (QED) is 0.709. The standard InChI is InChI=1S/C18H19BrN6O/c19-15-3-1-2-13(10-15)11-20-18(26)14-6-8-24(9-7-14)17-5-4-16-22-21-12-25(16)23-17/h1-5,10,12,14H,6-9,11H2,(H,20,26). The van der Waals surface area contributed by atoms with Crippen LogP contribution in [0.25, 0.3) is 5.65 Å². The molecule has 1 N–H and O–H groups in total. The Kier molecular flexibility index (Phi) is 4.83. The summed E-state index contributed by atoms with van der Waals surface area (Å²) in [6.07, 6.45) is 3.25. The van der Waals surface area contributed by atoms with Crippen LogP contribution >= 0.6 is 15.9 Å². The van der Waals surface area contributed by atoms with Crippen LogP contribution in [0.2, 0.25) is 0 Å². The van der Waals surface area contributed by atoms with Crippen LogP contribution in [0, 0.1) is 5.92 Å². The molecule has 134 valence electrons. The number of nitrogens with zero attached hydrogens (tertiary/aromatic N) is 5. The molecule has 8 heteroatoms. The Morgan fingerprint density at radius 2 is 2.08 bits per heavy atom. The van der Waals surface area contributed by atoms with Crippen molar-refractivity contribution in [2.24, 2.45) is 5.92 Å². The van der Waals surface area contributed by atoms with Crippen LogP contribution in [0.3, 0.4) is 0 Å². The molecule has 0 saturated carbocycles. The lowest BCUT2D eigenvalue weighted by molar-refractivity contribution is -0.125. The highest BCUT2D eigenvalue weighted by molar-refractivity contribution is 9.10. The Morgan fingerprint density at radius 3 is 2.88 bits per heavy atom. The Morgan fingerprint density at radius 1 is 1.23 bits per heavy atom. The van der Waals surface area contributed by atoms with Gasteiger partial charge < -0.3 is 10.2 Å². The highest BCUT2D eigenvalue weighted by Gasteiger charge is 2.25. The van der Waals surface area contributed by atoms with Crippen molar-refractivity contribution in [3.8, 4) is 0 Å². The van der Waals surface area contributed by atoms with E-state index in [9.17, 15) is 4.79 Å². The molecule has 1 amide bonds. The topological polar surface area (TPSA) is 75.4 Å². The van der Waals surface area contributed by atoms with Gasteiger partial charge in [-0.3, -0.25) is 4.79 Å². The summed E-state index contributed by atoms with van der Waals surface area (Å²) in [5.74, 6) is 1.08. The van der Waals surface area contributed by atoms with Crippen LogP contribution < -0.4 is 10.2 Å². The third-order valence-corrected chi connectivity index (χ3v) is 5.19. The normalized spacial score (nSPS) is 15.3. The minimum absolute atomic E-state index is 0.0528. The molecule has 0 aliphatic carbocycles. The number of hydrogen-bond donors (Lipinski definition) is 1. The minimum atomic E-state index is 0.0528. The fourth-order valence-corrected chi connectivity index (χ4v) is 3.68. The van der Waals surface area contributed by atoms with Gasteiger partial charge in [-0.15, -0.1) is 15.3 Å². The van der Waals surface area contributed by atoms with Crippen LogP contribution in [-0.4, -0.2) is 38.8 Å². The van der Waals surface area contributed by atoms with E-state index in [1.165, 1.54) is 0 Å². The van der Waals surface area contributed by atoms with Crippen LogP contribution in [0.15, 0.2) is 47.2 Å². The summed E-state index contributed by atoms with van der Waals surface area (Å²) in [4.78, 5) is 14.7. The molecule has 3 aromatic rings. The van der Waals surface area contributed by atoms with Crippen LogP contribution in [-0.2, 0) is 11.3 Å². The van der Waals surface area contributed by atoms with Gasteiger partial charge in [0.1, 0.15) is 12.1 Å². The summed E-state index contributed by atoms with van der Waals surface area (Å²) in [6.45, 7) is 2.19. The number of halogens is 1. The minimum Gasteiger partial charge on any atom is -0.355 e. The van der Waals surface area contributed by atoms with E-state index >= 15 is 0 Å². The number of fused-ring (bicyclic) bond motifs is 1. The number of benzene rings is 1. The molecule has 1 aliphatic heterocycles. The summed E-state index contributed by atoms with van der Waals surface area (Å²) < 4.78 is 2.70. The van der Waals surface area contributed by atoms with E-state index in [1.54, 1.807) is 10.8 Å². The SMILES string of the molecule is O=C(NCc1cccc(Br)c1)C1CCN(c2ccc3nncn3n2)CC1. The van der Waals surface area contributed by atoms with E-state index in [0.717, 1.165) is 47.4 Å². The zero-order valence-corrected chi connectivity index (χ0v) is 15.8. The summed E-state index contributed by atoms with van der Waals surface area (Å²) in [5, 5.41) is 15.4. The molecular formula is C18H19BrN6O. The average Bonchev–Trinajstić information content (AvgIpc) is 3.14. The molecule has 4 rings (SSSR count). The summed E-state index contributed by atoms with van der Waals surface area (Å²) in [7, 11) is 0. The van der Waals surface area contributed by atoms with Crippen molar-refractivity contribution in [2.45, 2.75) is 19.4 Å². The van der Waals surface area contributed by atoms with Gasteiger partial charge in [0.2, 0.25) is 5.91 Å². The van der Waals surface area contributed by atoms with Crippen LogP contribution in [0.1, 0.15) is 18.4 Å². The predicted molar refractivity (Wildman–Crippen MR) is 102 cm³/mol. The first-order valence-electron chi connectivity index (χ1n) is 8.63. The fraction of sp³-hybridized carbons (Fsp3) is 0.333. The van der Waals surface area contributed by atoms with Crippen molar-refractivity contribution in [2.75, 3.05) is 18.0 Å². The maximum absolute atomic E-state index is 12.5. The average molecular weight is 415 g/mol. The van der Waals surface area contributed by atoms with E-state index in [-0.39, 0.29) is 11.8 Å². The van der Waals surface area contributed by atoms with Gasteiger partial charge in [0.25, 0.3) is 0 Å². The third kappa shape index (κ3) is 3.70. The van der Waals surface area contributed by atoms with Gasteiger partial charge in [-0.05, 0) is 42.7 Å². The maximum atomic E-state index is 12.5. The highest BCUT2D eigenvalue weighted by atomic mass is 79.9. The van der Waals surface area contributed by atoms with E-state index in [1.807, 2.05) is 36.4 Å². The molecule has 1 fully saturated rings. The molecule has 0 spiro atoms. The molecule has 0 radical (unpaired) electrons. The lowest BCUT2D eigenvalue weighted by Crippen LogP contribution is -2.40. The van der Waals surface area contributed by atoms with Gasteiger partial charge in [-0.25, -0.2) is 0 Å².